The molecule has 4 nitrogen and oxygen atoms in total. The first kappa shape index (κ1) is 16.5. The zero-order chi connectivity index (χ0) is 17.2. The largest absolute Gasteiger partial charge is 0.391 e. The van der Waals surface area contributed by atoms with Gasteiger partial charge in [-0.3, -0.25) is 9.88 Å². The zero-order valence-electron chi connectivity index (χ0n) is 14.4. The highest BCUT2D eigenvalue weighted by Gasteiger charge is 2.30. The van der Waals surface area contributed by atoms with Crippen molar-refractivity contribution in [2.24, 2.45) is 0 Å². The van der Waals surface area contributed by atoms with Crippen molar-refractivity contribution in [1.82, 2.24) is 14.5 Å². The summed E-state index contributed by atoms with van der Waals surface area (Å²) in [4.78, 5) is 7.92. The van der Waals surface area contributed by atoms with Crippen LogP contribution in [0.3, 0.4) is 0 Å². The Balaban J connectivity index is 1.46. The number of hydrogen-bond acceptors (Lipinski definition) is 4. The van der Waals surface area contributed by atoms with Crippen LogP contribution in [-0.4, -0.2) is 38.8 Å². The summed E-state index contributed by atoms with van der Waals surface area (Å²) in [5.74, 6) is 0.279. The van der Waals surface area contributed by atoms with Gasteiger partial charge in [0, 0.05) is 42.0 Å². The highest BCUT2D eigenvalue weighted by Crippen LogP contribution is 2.34. The van der Waals surface area contributed by atoms with Gasteiger partial charge in [-0.1, -0.05) is 0 Å². The molecule has 1 aliphatic rings. The van der Waals surface area contributed by atoms with E-state index in [1.807, 2.05) is 12.3 Å². The number of β-amino-alcohol motifs (C(OH)–C–C–N with tert-alkyl or cyclic N) is 1. The first-order chi connectivity index (χ1) is 12.2. The molecule has 0 saturated carbocycles. The minimum Gasteiger partial charge on any atom is -0.391 e. The molecule has 130 valence electrons. The van der Waals surface area contributed by atoms with E-state index >= 15 is 0 Å². The lowest BCUT2D eigenvalue weighted by atomic mass is 9.90. The number of aromatic nitrogens is 2. The number of rotatable bonds is 4. The molecule has 1 aliphatic heterocycles. The zero-order valence-corrected chi connectivity index (χ0v) is 15.2. The highest BCUT2D eigenvalue weighted by atomic mass is 32.1. The second-order valence-electron chi connectivity index (χ2n) is 6.75. The van der Waals surface area contributed by atoms with E-state index in [2.05, 4.69) is 57.2 Å². The second kappa shape index (κ2) is 7.12. The standard InChI is InChI=1S/C20H23N3OS/c1-15-7-11-25-20(15)18-6-10-22(14-19(18)24)13-17-5-3-9-23(17)16-4-2-8-21-12-16/h2-5,7-9,11-12,18-19,24H,6,10,13-14H2,1H3/t18-,19-/m1/s1. The third-order valence-electron chi connectivity index (χ3n) is 5.05. The van der Waals surface area contributed by atoms with Crippen LogP contribution in [0.4, 0.5) is 0 Å². The van der Waals surface area contributed by atoms with Crippen molar-refractivity contribution in [1.29, 1.82) is 0 Å². The number of nitrogens with zero attached hydrogens (tertiary/aromatic N) is 3. The summed E-state index contributed by atoms with van der Waals surface area (Å²) in [5.41, 5.74) is 3.62. The van der Waals surface area contributed by atoms with Gasteiger partial charge in [0.1, 0.15) is 0 Å². The number of thiophene rings is 1. The number of likely N-dealkylation sites (tertiary alicyclic amines) is 1. The first-order valence-corrected chi connectivity index (χ1v) is 9.61. The third-order valence-corrected chi connectivity index (χ3v) is 6.20. The molecule has 0 aromatic carbocycles. The summed E-state index contributed by atoms with van der Waals surface area (Å²) in [6, 6.07) is 10.4. The Kier molecular flexibility index (Phi) is 4.70. The maximum absolute atomic E-state index is 10.7. The van der Waals surface area contributed by atoms with E-state index in [0.29, 0.717) is 0 Å². The van der Waals surface area contributed by atoms with E-state index in [9.17, 15) is 5.11 Å². The Morgan fingerprint density at radius 1 is 1.28 bits per heavy atom. The summed E-state index contributed by atoms with van der Waals surface area (Å²) >= 11 is 1.78. The van der Waals surface area contributed by atoms with Crippen molar-refractivity contribution >= 4 is 11.3 Å². The molecule has 4 rings (SSSR count). The molecule has 3 aromatic rings. The lowest BCUT2D eigenvalue weighted by Gasteiger charge is -2.36. The van der Waals surface area contributed by atoms with E-state index in [0.717, 1.165) is 31.7 Å². The van der Waals surface area contributed by atoms with E-state index in [4.69, 9.17) is 0 Å². The lowest BCUT2D eigenvalue weighted by Crippen LogP contribution is -2.42. The lowest BCUT2D eigenvalue weighted by molar-refractivity contribution is 0.0478. The van der Waals surface area contributed by atoms with E-state index < -0.39 is 0 Å². The van der Waals surface area contributed by atoms with Gasteiger partial charge in [0.15, 0.2) is 0 Å². The Morgan fingerprint density at radius 3 is 2.92 bits per heavy atom. The number of aryl methyl sites for hydroxylation is 1. The summed E-state index contributed by atoms with van der Waals surface area (Å²) in [7, 11) is 0. The molecule has 0 bridgehead atoms. The van der Waals surface area contributed by atoms with Crippen LogP contribution in [0.2, 0.25) is 0 Å². The smallest absolute Gasteiger partial charge is 0.0744 e. The predicted molar refractivity (Wildman–Crippen MR) is 101 cm³/mol. The van der Waals surface area contributed by atoms with Gasteiger partial charge >= 0.3 is 0 Å². The monoisotopic (exact) mass is 353 g/mol. The molecule has 1 saturated heterocycles. The molecule has 1 fully saturated rings. The predicted octanol–water partition coefficient (Wildman–Crippen LogP) is 3.59. The van der Waals surface area contributed by atoms with Crippen LogP contribution in [0.15, 0.2) is 54.3 Å². The van der Waals surface area contributed by atoms with Crippen LogP contribution < -0.4 is 0 Å². The fourth-order valence-corrected chi connectivity index (χ4v) is 4.86. The van der Waals surface area contributed by atoms with Crippen LogP contribution in [0.1, 0.15) is 28.5 Å². The van der Waals surface area contributed by atoms with Gasteiger partial charge in [0.05, 0.1) is 18.0 Å². The van der Waals surface area contributed by atoms with Crippen LogP contribution in [0.5, 0.6) is 0 Å². The Morgan fingerprint density at radius 2 is 2.20 bits per heavy atom. The van der Waals surface area contributed by atoms with Gasteiger partial charge in [0.25, 0.3) is 0 Å². The average Bonchev–Trinajstić information content (AvgIpc) is 3.25. The fraction of sp³-hybridized carbons (Fsp3) is 0.350. The topological polar surface area (TPSA) is 41.3 Å². The fourth-order valence-electron chi connectivity index (χ4n) is 3.73. The third kappa shape index (κ3) is 3.40. The van der Waals surface area contributed by atoms with Crippen LogP contribution in [-0.2, 0) is 6.54 Å². The highest BCUT2D eigenvalue weighted by molar-refractivity contribution is 7.10. The number of aliphatic hydroxyl groups is 1. The Bertz CT molecular complexity index is 826. The molecule has 0 spiro atoms. The van der Waals surface area contributed by atoms with Gasteiger partial charge in [-0.25, -0.2) is 0 Å². The SMILES string of the molecule is Cc1ccsc1[C@@H]1CCN(Cc2cccn2-c2cccnc2)C[C@H]1O. The van der Waals surface area contributed by atoms with E-state index in [1.165, 1.54) is 16.1 Å². The van der Waals surface area contributed by atoms with Crippen molar-refractivity contribution < 1.29 is 5.11 Å². The molecular weight excluding hydrogens is 330 g/mol. The second-order valence-corrected chi connectivity index (χ2v) is 7.69. The molecule has 25 heavy (non-hydrogen) atoms. The molecule has 0 unspecified atom stereocenters. The number of pyridine rings is 1. The van der Waals surface area contributed by atoms with Crippen molar-refractivity contribution in [3.63, 3.8) is 0 Å². The quantitative estimate of drug-likeness (QED) is 0.779. The number of aliphatic hydroxyl groups excluding tert-OH is 1. The first-order valence-electron chi connectivity index (χ1n) is 8.73. The normalized spacial score (nSPS) is 21.5. The van der Waals surface area contributed by atoms with Crippen LogP contribution >= 0.6 is 11.3 Å². The van der Waals surface area contributed by atoms with Gasteiger partial charge in [-0.15, -0.1) is 11.3 Å². The maximum Gasteiger partial charge on any atom is 0.0744 e. The molecule has 0 amide bonds. The van der Waals surface area contributed by atoms with Crippen molar-refractivity contribution in [3.05, 3.63) is 70.4 Å². The molecule has 2 atom stereocenters. The number of hydrogen-bond donors (Lipinski definition) is 1. The van der Waals surface area contributed by atoms with Crippen LogP contribution in [0, 0.1) is 6.92 Å². The molecule has 4 heterocycles. The molecule has 5 heteroatoms. The van der Waals surface area contributed by atoms with Crippen molar-refractivity contribution in [2.75, 3.05) is 13.1 Å². The number of piperidine rings is 1. The van der Waals surface area contributed by atoms with Gasteiger partial charge in [-0.05, 0) is 61.2 Å². The molecule has 3 aromatic heterocycles. The van der Waals surface area contributed by atoms with Gasteiger partial charge in [0.2, 0.25) is 0 Å². The minimum absolute atomic E-state index is 0.279. The van der Waals surface area contributed by atoms with E-state index in [1.54, 1.807) is 17.5 Å². The molecule has 0 aliphatic carbocycles. The van der Waals surface area contributed by atoms with Crippen molar-refractivity contribution in [3.8, 4) is 5.69 Å². The summed E-state index contributed by atoms with van der Waals surface area (Å²) in [5, 5.41) is 12.8. The minimum atomic E-state index is -0.298. The van der Waals surface area contributed by atoms with E-state index in [-0.39, 0.29) is 12.0 Å². The maximum atomic E-state index is 10.7. The molecule has 1 N–H and O–H groups in total. The van der Waals surface area contributed by atoms with Gasteiger partial charge < -0.3 is 9.67 Å². The summed E-state index contributed by atoms with van der Waals surface area (Å²) < 4.78 is 2.18. The average molecular weight is 353 g/mol. The Hall–Kier alpha value is -1.95. The van der Waals surface area contributed by atoms with Crippen LogP contribution in [0.25, 0.3) is 5.69 Å². The van der Waals surface area contributed by atoms with Crippen molar-refractivity contribution in [2.45, 2.75) is 31.9 Å². The Labute approximate surface area is 152 Å². The molecule has 0 radical (unpaired) electrons. The van der Waals surface area contributed by atoms with Gasteiger partial charge in [-0.2, -0.15) is 0 Å². The molecular formula is C20H23N3OS. The summed E-state index contributed by atoms with van der Waals surface area (Å²) in [6.07, 6.45) is 6.46. The summed E-state index contributed by atoms with van der Waals surface area (Å²) in [6.45, 7) is 4.72.